The van der Waals surface area contributed by atoms with Crippen molar-refractivity contribution < 1.29 is 0 Å². The molecule has 0 unspecified atom stereocenters. The summed E-state index contributed by atoms with van der Waals surface area (Å²) < 4.78 is 3.82. The summed E-state index contributed by atoms with van der Waals surface area (Å²) in [5.41, 5.74) is 0.988. The maximum absolute atomic E-state index is 4.01. The Morgan fingerprint density at radius 3 is 3.00 bits per heavy atom. The summed E-state index contributed by atoms with van der Waals surface area (Å²) in [4.78, 5) is 4.01. The van der Waals surface area contributed by atoms with Crippen LogP contribution in [0.3, 0.4) is 0 Å². The van der Waals surface area contributed by atoms with E-state index in [0.29, 0.717) is 0 Å². The van der Waals surface area contributed by atoms with Crippen molar-refractivity contribution in [3.8, 4) is 0 Å². The Morgan fingerprint density at radius 2 is 2.29 bits per heavy atom. The van der Waals surface area contributed by atoms with Gasteiger partial charge in [0.25, 0.3) is 0 Å². The van der Waals surface area contributed by atoms with E-state index in [0.717, 1.165) is 38.2 Å². The monoisotopic (exact) mass is 234 g/mol. The highest BCUT2D eigenvalue weighted by atomic mass is 15.4. The van der Waals surface area contributed by atoms with Crippen LogP contribution in [0.1, 0.15) is 18.5 Å². The SMILES string of the molecule is Cn1cc(CNCCCCn2ccnc2)nn1. The van der Waals surface area contributed by atoms with Gasteiger partial charge in [0.15, 0.2) is 0 Å². The molecule has 0 radical (unpaired) electrons. The van der Waals surface area contributed by atoms with E-state index in [1.807, 2.05) is 32.0 Å². The van der Waals surface area contributed by atoms with Gasteiger partial charge >= 0.3 is 0 Å². The molecule has 17 heavy (non-hydrogen) atoms. The quantitative estimate of drug-likeness (QED) is 0.712. The van der Waals surface area contributed by atoms with Crippen molar-refractivity contribution >= 4 is 0 Å². The average molecular weight is 234 g/mol. The maximum Gasteiger partial charge on any atom is 0.0964 e. The Morgan fingerprint density at radius 1 is 1.35 bits per heavy atom. The van der Waals surface area contributed by atoms with Crippen LogP contribution in [0, 0.1) is 0 Å². The Bertz CT molecular complexity index is 419. The van der Waals surface area contributed by atoms with Gasteiger partial charge in [0.2, 0.25) is 0 Å². The van der Waals surface area contributed by atoms with Crippen LogP contribution in [0.15, 0.2) is 24.9 Å². The van der Waals surface area contributed by atoms with Crippen molar-refractivity contribution in [1.29, 1.82) is 0 Å². The van der Waals surface area contributed by atoms with Crippen molar-refractivity contribution in [2.45, 2.75) is 25.9 Å². The third-order valence-electron chi connectivity index (χ3n) is 2.54. The molecule has 6 nitrogen and oxygen atoms in total. The van der Waals surface area contributed by atoms with Gasteiger partial charge in [-0.2, -0.15) is 0 Å². The Balaban J connectivity index is 1.52. The van der Waals surface area contributed by atoms with E-state index in [9.17, 15) is 0 Å². The number of imidazole rings is 1. The number of aromatic nitrogens is 5. The molecule has 6 heteroatoms. The predicted octanol–water partition coefficient (Wildman–Crippen LogP) is 0.582. The molecule has 0 saturated carbocycles. The smallest absolute Gasteiger partial charge is 0.0964 e. The molecule has 0 atom stereocenters. The third kappa shape index (κ3) is 3.99. The molecule has 1 N–H and O–H groups in total. The molecule has 0 aromatic carbocycles. The first-order valence-corrected chi connectivity index (χ1v) is 5.86. The fourth-order valence-electron chi connectivity index (χ4n) is 1.66. The minimum atomic E-state index is 0.791. The molecule has 2 aromatic heterocycles. The lowest BCUT2D eigenvalue weighted by atomic mass is 10.3. The molecular formula is C11H18N6. The van der Waals surface area contributed by atoms with Gasteiger partial charge in [-0.3, -0.25) is 4.68 Å². The van der Waals surface area contributed by atoms with E-state index >= 15 is 0 Å². The Hall–Kier alpha value is -1.69. The van der Waals surface area contributed by atoms with Gasteiger partial charge in [-0.1, -0.05) is 5.21 Å². The van der Waals surface area contributed by atoms with Gasteiger partial charge in [0, 0.05) is 38.7 Å². The lowest BCUT2D eigenvalue weighted by molar-refractivity contribution is 0.565. The zero-order valence-electron chi connectivity index (χ0n) is 10.1. The summed E-state index contributed by atoms with van der Waals surface area (Å²) in [5.74, 6) is 0. The van der Waals surface area contributed by atoms with E-state index < -0.39 is 0 Å². The second-order valence-corrected chi connectivity index (χ2v) is 4.07. The van der Waals surface area contributed by atoms with Crippen molar-refractivity contribution in [3.05, 3.63) is 30.6 Å². The molecule has 0 bridgehead atoms. The summed E-state index contributed by atoms with van der Waals surface area (Å²) in [6, 6.07) is 0. The molecule has 92 valence electrons. The zero-order valence-corrected chi connectivity index (χ0v) is 10.1. The highest BCUT2D eigenvalue weighted by Crippen LogP contribution is 1.95. The number of unbranched alkanes of at least 4 members (excludes halogenated alkanes) is 1. The normalized spacial score (nSPS) is 10.9. The van der Waals surface area contributed by atoms with Crippen LogP contribution < -0.4 is 5.32 Å². The van der Waals surface area contributed by atoms with E-state index in [1.54, 1.807) is 4.68 Å². The lowest BCUT2D eigenvalue weighted by Crippen LogP contribution is -2.15. The molecule has 0 aliphatic rings. The molecule has 2 heterocycles. The summed E-state index contributed by atoms with van der Waals surface area (Å²) in [6.45, 7) is 2.83. The van der Waals surface area contributed by atoms with E-state index in [-0.39, 0.29) is 0 Å². The van der Waals surface area contributed by atoms with Crippen molar-refractivity contribution in [2.75, 3.05) is 6.54 Å². The molecule has 0 amide bonds. The Kier molecular flexibility index (Phi) is 4.26. The minimum Gasteiger partial charge on any atom is -0.337 e. The standard InChI is InChI=1S/C11H18N6/c1-16-9-11(14-15-16)8-12-4-2-3-6-17-7-5-13-10-17/h5,7,9-10,12H,2-4,6,8H2,1H3. The molecule has 0 saturated heterocycles. The second-order valence-electron chi connectivity index (χ2n) is 4.07. The highest BCUT2D eigenvalue weighted by molar-refractivity contribution is 4.90. The first-order valence-electron chi connectivity index (χ1n) is 5.86. The van der Waals surface area contributed by atoms with E-state index in [1.165, 1.54) is 0 Å². The topological polar surface area (TPSA) is 60.6 Å². The van der Waals surface area contributed by atoms with Crippen molar-refractivity contribution in [1.82, 2.24) is 29.9 Å². The molecule has 2 rings (SSSR count). The van der Waals surface area contributed by atoms with E-state index in [2.05, 4.69) is 25.2 Å². The average Bonchev–Trinajstić information content (AvgIpc) is 2.95. The summed E-state index contributed by atoms with van der Waals surface area (Å²) in [6.07, 6.45) is 9.90. The first kappa shape index (κ1) is 11.8. The lowest BCUT2D eigenvalue weighted by Gasteiger charge is -2.03. The molecule has 0 aliphatic heterocycles. The highest BCUT2D eigenvalue weighted by Gasteiger charge is 1.97. The fourth-order valence-corrected chi connectivity index (χ4v) is 1.66. The fraction of sp³-hybridized carbons (Fsp3) is 0.545. The Labute approximate surface area is 101 Å². The van der Waals surface area contributed by atoms with Gasteiger partial charge in [-0.05, 0) is 19.4 Å². The van der Waals surface area contributed by atoms with Crippen LogP contribution >= 0.6 is 0 Å². The number of nitrogens with zero attached hydrogens (tertiary/aromatic N) is 5. The number of hydrogen-bond acceptors (Lipinski definition) is 4. The van der Waals surface area contributed by atoms with Crippen LogP contribution in [0.25, 0.3) is 0 Å². The number of hydrogen-bond donors (Lipinski definition) is 1. The molecule has 2 aromatic rings. The largest absolute Gasteiger partial charge is 0.337 e. The second kappa shape index (κ2) is 6.15. The van der Waals surface area contributed by atoms with Gasteiger partial charge in [-0.25, -0.2) is 4.98 Å². The van der Waals surface area contributed by atoms with Crippen molar-refractivity contribution in [3.63, 3.8) is 0 Å². The van der Waals surface area contributed by atoms with E-state index in [4.69, 9.17) is 0 Å². The van der Waals surface area contributed by atoms with Crippen LogP contribution in [-0.4, -0.2) is 31.1 Å². The predicted molar refractivity (Wildman–Crippen MR) is 64.2 cm³/mol. The van der Waals surface area contributed by atoms with Gasteiger partial charge in [0.05, 0.1) is 12.0 Å². The summed E-state index contributed by atoms with van der Waals surface area (Å²) in [7, 11) is 1.88. The van der Waals surface area contributed by atoms with Crippen LogP contribution in [0.5, 0.6) is 0 Å². The minimum absolute atomic E-state index is 0.791. The van der Waals surface area contributed by atoms with Crippen LogP contribution in [0.2, 0.25) is 0 Å². The molecule has 0 spiro atoms. The van der Waals surface area contributed by atoms with Gasteiger partial charge in [-0.15, -0.1) is 5.10 Å². The van der Waals surface area contributed by atoms with Crippen molar-refractivity contribution in [2.24, 2.45) is 7.05 Å². The van der Waals surface area contributed by atoms with Gasteiger partial charge in [0.1, 0.15) is 0 Å². The number of aryl methyl sites for hydroxylation is 2. The van der Waals surface area contributed by atoms with Gasteiger partial charge < -0.3 is 9.88 Å². The maximum atomic E-state index is 4.01. The van der Waals surface area contributed by atoms with Crippen LogP contribution in [-0.2, 0) is 20.1 Å². The van der Waals surface area contributed by atoms with Crippen LogP contribution in [0.4, 0.5) is 0 Å². The third-order valence-corrected chi connectivity index (χ3v) is 2.54. The number of nitrogens with one attached hydrogen (secondary N) is 1. The summed E-state index contributed by atoms with van der Waals surface area (Å²) >= 11 is 0. The molecular weight excluding hydrogens is 216 g/mol. The molecule has 0 aliphatic carbocycles. The zero-order chi connectivity index (χ0) is 11.9. The summed E-state index contributed by atoms with van der Waals surface area (Å²) in [5, 5.41) is 11.2. The number of rotatable bonds is 7. The molecule has 0 fully saturated rings. The first-order chi connectivity index (χ1) is 8.34.